The summed E-state index contributed by atoms with van der Waals surface area (Å²) >= 11 is 3.65. The molecule has 0 atom stereocenters. The molecule has 0 radical (unpaired) electrons. The van der Waals surface area contributed by atoms with Gasteiger partial charge in [-0.15, -0.1) is 0 Å². The largest absolute Gasteiger partial charge is 0.490 e. The van der Waals surface area contributed by atoms with Crippen LogP contribution in [-0.4, -0.2) is 24.7 Å². The van der Waals surface area contributed by atoms with Crippen molar-refractivity contribution < 1.29 is 14.2 Å². The van der Waals surface area contributed by atoms with Crippen LogP contribution >= 0.6 is 15.9 Å². The van der Waals surface area contributed by atoms with E-state index in [-0.39, 0.29) is 0 Å². The number of aryl methyl sites for hydroxylation is 1. The highest BCUT2D eigenvalue weighted by Crippen LogP contribution is 2.37. The fourth-order valence-corrected chi connectivity index (χ4v) is 3.55. The number of hydrogen-bond acceptors (Lipinski definition) is 5. The summed E-state index contributed by atoms with van der Waals surface area (Å²) in [6.45, 7) is 7.08. The van der Waals surface area contributed by atoms with E-state index in [9.17, 15) is 0 Å². The summed E-state index contributed by atoms with van der Waals surface area (Å²) in [6, 6.07) is 17.9. The number of hydrogen-bond donors (Lipinski definition) is 1. The van der Waals surface area contributed by atoms with Crippen molar-refractivity contribution in [1.29, 1.82) is 0 Å². The Labute approximate surface area is 186 Å². The van der Waals surface area contributed by atoms with Gasteiger partial charge in [-0.05, 0) is 64.7 Å². The molecule has 158 valence electrons. The summed E-state index contributed by atoms with van der Waals surface area (Å²) < 4.78 is 18.4. The van der Waals surface area contributed by atoms with E-state index in [4.69, 9.17) is 14.2 Å². The highest BCUT2D eigenvalue weighted by molar-refractivity contribution is 9.10. The SMILES string of the molecule is CCOc1cc(CNCCOc2ccccn2)cc(Br)c1OCc1ccccc1C. The molecule has 0 amide bonds. The third-order valence-electron chi connectivity index (χ3n) is 4.50. The van der Waals surface area contributed by atoms with E-state index < -0.39 is 0 Å². The van der Waals surface area contributed by atoms with E-state index in [1.54, 1.807) is 6.20 Å². The van der Waals surface area contributed by atoms with E-state index in [1.165, 1.54) is 5.56 Å². The zero-order chi connectivity index (χ0) is 21.2. The number of pyridine rings is 1. The van der Waals surface area contributed by atoms with Crippen LogP contribution in [0.1, 0.15) is 23.6 Å². The monoisotopic (exact) mass is 470 g/mol. The number of halogens is 1. The first-order chi connectivity index (χ1) is 14.7. The summed E-state index contributed by atoms with van der Waals surface area (Å²) in [5.74, 6) is 2.10. The van der Waals surface area contributed by atoms with Crippen molar-refractivity contribution in [1.82, 2.24) is 10.3 Å². The molecule has 0 saturated heterocycles. The first-order valence-corrected chi connectivity index (χ1v) is 10.8. The van der Waals surface area contributed by atoms with Gasteiger partial charge in [0, 0.05) is 25.4 Å². The maximum Gasteiger partial charge on any atom is 0.213 e. The van der Waals surface area contributed by atoms with Gasteiger partial charge in [-0.1, -0.05) is 30.3 Å². The molecule has 3 aromatic rings. The summed E-state index contributed by atoms with van der Waals surface area (Å²) in [5, 5.41) is 3.38. The van der Waals surface area contributed by atoms with Crippen molar-refractivity contribution in [3.63, 3.8) is 0 Å². The zero-order valence-electron chi connectivity index (χ0n) is 17.4. The second kappa shape index (κ2) is 11.6. The molecule has 0 aliphatic carbocycles. The normalized spacial score (nSPS) is 10.6. The lowest BCUT2D eigenvalue weighted by Crippen LogP contribution is -2.20. The topological polar surface area (TPSA) is 52.6 Å². The summed E-state index contributed by atoms with van der Waals surface area (Å²) in [5.41, 5.74) is 3.47. The maximum absolute atomic E-state index is 6.12. The van der Waals surface area contributed by atoms with Crippen molar-refractivity contribution in [3.05, 3.63) is 82.0 Å². The van der Waals surface area contributed by atoms with Gasteiger partial charge in [0.05, 0.1) is 11.1 Å². The first-order valence-electron chi connectivity index (χ1n) is 10.0. The molecule has 0 fully saturated rings. The van der Waals surface area contributed by atoms with Gasteiger partial charge >= 0.3 is 0 Å². The highest BCUT2D eigenvalue weighted by atomic mass is 79.9. The Morgan fingerprint density at radius 1 is 1.00 bits per heavy atom. The Morgan fingerprint density at radius 3 is 2.60 bits per heavy atom. The van der Waals surface area contributed by atoms with Crippen LogP contribution in [0.15, 0.2) is 65.3 Å². The smallest absolute Gasteiger partial charge is 0.213 e. The first kappa shape index (κ1) is 22.1. The van der Waals surface area contributed by atoms with Crippen molar-refractivity contribution in [2.75, 3.05) is 19.8 Å². The standard InChI is InChI=1S/C24H27BrN2O3/c1-3-28-22-15-19(16-26-12-13-29-23-10-6-7-11-27-23)14-21(25)24(22)30-17-20-9-5-4-8-18(20)2/h4-11,14-15,26H,3,12-13,16-17H2,1-2H3. The van der Waals surface area contributed by atoms with E-state index >= 15 is 0 Å². The van der Waals surface area contributed by atoms with Crippen molar-refractivity contribution in [3.8, 4) is 17.4 Å². The molecule has 0 unspecified atom stereocenters. The third kappa shape index (κ3) is 6.47. The van der Waals surface area contributed by atoms with E-state index in [1.807, 2.05) is 43.3 Å². The number of benzene rings is 2. The van der Waals surface area contributed by atoms with Crippen LogP contribution in [0, 0.1) is 6.92 Å². The van der Waals surface area contributed by atoms with Crippen molar-refractivity contribution in [2.24, 2.45) is 0 Å². The molecule has 0 aliphatic heterocycles. The number of nitrogens with one attached hydrogen (secondary N) is 1. The van der Waals surface area contributed by atoms with Gasteiger partial charge in [-0.3, -0.25) is 0 Å². The molecule has 5 nitrogen and oxygen atoms in total. The van der Waals surface area contributed by atoms with Gasteiger partial charge in [-0.25, -0.2) is 4.98 Å². The van der Waals surface area contributed by atoms with Crippen LogP contribution in [0.4, 0.5) is 0 Å². The second-order valence-electron chi connectivity index (χ2n) is 6.75. The van der Waals surface area contributed by atoms with Gasteiger partial charge < -0.3 is 19.5 Å². The molecular weight excluding hydrogens is 444 g/mol. The third-order valence-corrected chi connectivity index (χ3v) is 5.09. The number of rotatable bonds is 11. The minimum atomic E-state index is 0.494. The molecule has 6 heteroatoms. The Balaban J connectivity index is 1.57. The number of ether oxygens (including phenoxy) is 3. The van der Waals surface area contributed by atoms with Crippen LogP contribution in [0.2, 0.25) is 0 Å². The lowest BCUT2D eigenvalue weighted by molar-refractivity contribution is 0.267. The molecule has 0 aliphatic rings. The predicted molar refractivity (Wildman–Crippen MR) is 122 cm³/mol. The van der Waals surface area contributed by atoms with Crippen LogP contribution in [0.3, 0.4) is 0 Å². The van der Waals surface area contributed by atoms with Crippen molar-refractivity contribution in [2.45, 2.75) is 27.0 Å². The fraction of sp³-hybridized carbons (Fsp3) is 0.292. The van der Waals surface area contributed by atoms with E-state index in [2.05, 4.69) is 51.4 Å². The Kier molecular flexibility index (Phi) is 8.53. The Hall–Kier alpha value is -2.57. The molecule has 1 aromatic heterocycles. The van der Waals surface area contributed by atoms with Gasteiger partial charge in [0.1, 0.15) is 13.2 Å². The minimum Gasteiger partial charge on any atom is -0.490 e. The van der Waals surface area contributed by atoms with Crippen LogP contribution in [0.5, 0.6) is 17.4 Å². The van der Waals surface area contributed by atoms with E-state index in [0.29, 0.717) is 38.8 Å². The maximum atomic E-state index is 6.12. The quantitative estimate of drug-likeness (QED) is 0.385. The Morgan fingerprint density at radius 2 is 1.83 bits per heavy atom. The molecule has 30 heavy (non-hydrogen) atoms. The predicted octanol–water partition coefficient (Wildman–Crippen LogP) is 5.30. The lowest BCUT2D eigenvalue weighted by Gasteiger charge is -2.16. The lowest BCUT2D eigenvalue weighted by atomic mass is 10.1. The molecule has 3 rings (SSSR count). The average Bonchev–Trinajstić information content (AvgIpc) is 2.75. The average molecular weight is 471 g/mol. The van der Waals surface area contributed by atoms with Gasteiger partial charge in [0.15, 0.2) is 11.5 Å². The molecule has 1 N–H and O–H groups in total. The number of aromatic nitrogens is 1. The zero-order valence-corrected chi connectivity index (χ0v) is 18.9. The Bertz CT molecular complexity index is 935. The van der Waals surface area contributed by atoms with Crippen LogP contribution < -0.4 is 19.5 Å². The van der Waals surface area contributed by atoms with E-state index in [0.717, 1.165) is 27.1 Å². The molecule has 2 aromatic carbocycles. The van der Waals surface area contributed by atoms with Gasteiger partial charge in [-0.2, -0.15) is 0 Å². The molecule has 0 saturated carbocycles. The minimum absolute atomic E-state index is 0.494. The van der Waals surface area contributed by atoms with Crippen LogP contribution in [0.25, 0.3) is 0 Å². The summed E-state index contributed by atoms with van der Waals surface area (Å²) in [6.07, 6.45) is 1.72. The van der Waals surface area contributed by atoms with Gasteiger partial charge in [0.25, 0.3) is 0 Å². The molecule has 0 spiro atoms. The highest BCUT2D eigenvalue weighted by Gasteiger charge is 2.13. The molecular formula is C24H27BrN2O3. The van der Waals surface area contributed by atoms with Crippen molar-refractivity contribution >= 4 is 15.9 Å². The van der Waals surface area contributed by atoms with Crippen LogP contribution in [-0.2, 0) is 13.2 Å². The molecule has 0 bridgehead atoms. The summed E-state index contributed by atoms with van der Waals surface area (Å²) in [7, 11) is 0. The fourth-order valence-electron chi connectivity index (χ4n) is 2.94. The van der Waals surface area contributed by atoms with Gasteiger partial charge in [0.2, 0.25) is 5.88 Å². The molecule has 1 heterocycles. The summed E-state index contributed by atoms with van der Waals surface area (Å²) in [4.78, 5) is 4.15. The second-order valence-corrected chi connectivity index (χ2v) is 7.60. The number of nitrogens with zero attached hydrogens (tertiary/aromatic N) is 1.